The molecule has 0 unspecified atom stereocenters. The van der Waals surface area contributed by atoms with Crippen LogP contribution in [0.1, 0.15) is 24.7 Å². The van der Waals surface area contributed by atoms with Crippen molar-refractivity contribution in [3.05, 3.63) is 34.6 Å². The molecule has 0 aliphatic carbocycles. The molecule has 0 saturated carbocycles. The average Bonchev–Trinajstić information content (AvgIpc) is 2.91. The monoisotopic (exact) mass is 359 g/mol. The van der Waals surface area contributed by atoms with Gasteiger partial charge in [0.1, 0.15) is 12.4 Å². The molecule has 9 heteroatoms. The van der Waals surface area contributed by atoms with E-state index in [9.17, 15) is 13.5 Å². The predicted octanol–water partition coefficient (Wildman–Crippen LogP) is 1.82. The fourth-order valence-corrected chi connectivity index (χ4v) is 3.90. The van der Waals surface area contributed by atoms with Crippen LogP contribution in [0.25, 0.3) is 0 Å². The molecule has 0 spiro atoms. The van der Waals surface area contributed by atoms with E-state index in [4.69, 9.17) is 16.3 Å². The van der Waals surface area contributed by atoms with Crippen molar-refractivity contribution in [2.45, 2.75) is 37.4 Å². The third-order valence-electron chi connectivity index (χ3n) is 3.25. The number of benzene rings is 1. The zero-order chi connectivity index (χ0) is 17.0. The van der Waals surface area contributed by atoms with Gasteiger partial charge in [0.15, 0.2) is 5.82 Å². The fourth-order valence-electron chi connectivity index (χ4n) is 2.24. The van der Waals surface area contributed by atoms with Crippen LogP contribution in [0, 0.1) is 0 Å². The van der Waals surface area contributed by atoms with Gasteiger partial charge in [0.05, 0.1) is 12.9 Å². The minimum Gasteiger partial charge on any atom is -0.496 e. The largest absolute Gasteiger partial charge is 0.496 e. The molecular formula is C14H18ClN3O4S. The number of hydrogen-bond donors (Lipinski definition) is 1. The van der Waals surface area contributed by atoms with E-state index >= 15 is 0 Å². The molecule has 0 radical (unpaired) electrons. The highest BCUT2D eigenvalue weighted by Crippen LogP contribution is 2.26. The second kappa shape index (κ2) is 7.29. The van der Waals surface area contributed by atoms with Gasteiger partial charge in [-0.05, 0) is 24.6 Å². The molecule has 7 nitrogen and oxygen atoms in total. The zero-order valence-electron chi connectivity index (χ0n) is 12.9. The summed E-state index contributed by atoms with van der Waals surface area (Å²) in [4.78, 5) is 0. The van der Waals surface area contributed by atoms with Crippen LogP contribution in [0.3, 0.4) is 0 Å². The maximum atomic E-state index is 12.7. The van der Waals surface area contributed by atoms with E-state index in [1.54, 1.807) is 18.2 Å². The van der Waals surface area contributed by atoms with Crippen molar-refractivity contribution in [1.29, 1.82) is 0 Å². The molecule has 1 aromatic heterocycles. The Kier molecular flexibility index (Phi) is 5.61. The number of ether oxygens (including phenoxy) is 1. The SMILES string of the molecule is CCCn1c(CO)nnc1S(=O)(=O)Cc1cc(Cl)ccc1OC. The lowest BCUT2D eigenvalue weighted by molar-refractivity contribution is 0.263. The summed E-state index contributed by atoms with van der Waals surface area (Å²) in [6.07, 6.45) is 0.689. The Labute approximate surface area is 139 Å². The first kappa shape index (κ1) is 17.7. The summed E-state index contributed by atoms with van der Waals surface area (Å²) in [6, 6.07) is 4.79. The summed E-state index contributed by atoms with van der Waals surface area (Å²) >= 11 is 5.94. The number of aliphatic hydroxyl groups excluding tert-OH is 1. The van der Waals surface area contributed by atoms with E-state index in [0.29, 0.717) is 29.3 Å². The van der Waals surface area contributed by atoms with E-state index in [-0.39, 0.29) is 23.3 Å². The van der Waals surface area contributed by atoms with Gasteiger partial charge in [0, 0.05) is 17.1 Å². The molecule has 0 saturated heterocycles. The van der Waals surface area contributed by atoms with E-state index in [2.05, 4.69) is 10.2 Å². The molecule has 0 aliphatic heterocycles. The Morgan fingerprint density at radius 3 is 2.70 bits per heavy atom. The number of aromatic nitrogens is 3. The Hall–Kier alpha value is -1.64. The molecule has 0 atom stereocenters. The molecular weight excluding hydrogens is 342 g/mol. The second-order valence-electron chi connectivity index (χ2n) is 4.92. The van der Waals surface area contributed by atoms with Crippen molar-refractivity contribution < 1.29 is 18.3 Å². The van der Waals surface area contributed by atoms with Crippen LogP contribution < -0.4 is 4.74 Å². The minimum atomic E-state index is -3.77. The van der Waals surface area contributed by atoms with Crippen molar-refractivity contribution in [3.63, 3.8) is 0 Å². The quantitative estimate of drug-likeness (QED) is 0.810. The first-order chi connectivity index (χ1) is 10.9. The zero-order valence-corrected chi connectivity index (χ0v) is 14.4. The number of rotatable bonds is 7. The summed E-state index contributed by atoms with van der Waals surface area (Å²) in [7, 11) is -2.30. The highest BCUT2D eigenvalue weighted by Gasteiger charge is 2.26. The lowest BCUT2D eigenvalue weighted by Crippen LogP contribution is -2.15. The van der Waals surface area contributed by atoms with Gasteiger partial charge < -0.3 is 9.84 Å². The summed E-state index contributed by atoms with van der Waals surface area (Å²) in [5.74, 6) is 0.342. The molecule has 0 aliphatic rings. The lowest BCUT2D eigenvalue weighted by Gasteiger charge is -2.11. The second-order valence-corrected chi connectivity index (χ2v) is 7.24. The highest BCUT2D eigenvalue weighted by molar-refractivity contribution is 7.90. The molecule has 2 rings (SSSR count). The van der Waals surface area contributed by atoms with Crippen molar-refractivity contribution in [1.82, 2.24) is 14.8 Å². The Bertz CT molecular complexity index is 789. The molecule has 1 N–H and O–H groups in total. The van der Waals surface area contributed by atoms with Gasteiger partial charge in [0.25, 0.3) is 0 Å². The van der Waals surface area contributed by atoms with Crippen LogP contribution in [0.5, 0.6) is 5.75 Å². The molecule has 126 valence electrons. The number of halogens is 1. The van der Waals surface area contributed by atoms with Crippen LogP contribution in [0.4, 0.5) is 0 Å². The molecule has 2 aromatic rings. The predicted molar refractivity (Wildman–Crippen MR) is 85.1 cm³/mol. The van der Waals surface area contributed by atoms with Crippen LogP contribution in [-0.2, 0) is 28.7 Å². The molecule has 23 heavy (non-hydrogen) atoms. The summed E-state index contributed by atoms with van der Waals surface area (Å²) in [6.45, 7) is 1.94. The molecule has 0 amide bonds. The van der Waals surface area contributed by atoms with Crippen LogP contribution in [0.15, 0.2) is 23.4 Å². The topological polar surface area (TPSA) is 94.3 Å². The number of sulfone groups is 1. The van der Waals surface area contributed by atoms with Gasteiger partial charge in [-0.15, -0.1) is 10.2 Å². The standard InChI is InChI=1S/C14H18ClN3O4S/c1-3-6-18-13(8-19)16-17-14(18)23(20,21)9-10-7-11(15)4-5-12(10)22-2/h4-5,7,19H,3,6,8-9H2,1-2H3. The third-order valence-corrected chi connectivity index (χ3v) is 5.03. The van der Waals surface area contributed by atoms with E-state index in [1.807, 2.05) is 6.92 Å². The summed E-state index contributed by atoms with van der Waals surface area (Å²) < 4.78 is 32.0. The first-order valence-electron chi connectivity index (χ1n) is 7.01. The highest BCUT2D eigenvalue weighted by atomic mass is 35.5. The van der Waals surface area contributed by atoms with E-state index in [0.717, 1.165) is 0 Å². The Balaban J connectivity index is 2.44. The third kappa shape index (κ3) is 3.82. The van der Waals surface area contributed by atoms with Gasteiger partial charge >= 0.3 is 0 Å². The summed E-state index contributed by atoms with van der Waals surface area (Å²) in [5, 5.41) is 17.0. The van der Waals surface area contributed by atoms with Gasteiger partial charge in [-0.2, -0.15) is 0 Å². The van der Waals surface area contributed by atoms with Crippen LogP contribution in [0.2, 0.25) is 5.02 Å². The van der Waals surface area contributed by atoms with Gasteiger partial charge in [-0.3, -0.25) is 4.57 Å². The van der Waals surface area contributed by atoms with Gasteiger partial charge in [0.2, 0.25) is 15.0 Å². The average molecular weight is 360 g/mol. The number of hydrogen-bond acceptors (Lipinski definition) is 6. The van der Waals surface area contributed by atoms with E-state index < -0.39 is 9.84 Å². The van der Waals surface area contributed by atoms with Crippen molar-refractivity contribution in [2.75, 3.05) is 7.11 Å². The number of nitrogens with zero attached hydrogens (tertiary/aromatic N) is 3. The van der Waals surface area contributed by atoms with E-state index in [1.165, 1.54) is 11.7 Å². The normalized spacial score (nSPS) is 11.7. The smallest absolute Gasteiger partial charge is 0.250 e. The Morgan fingerprint density at radius 1 is 1.35 bits per heavy atom. The van der Waals surface area contributed by atoms with Gasteiger partial charge in [-0.25, -0.2) is 8.42 Å². The van der Waals surface area contributed by atoms with Crippen molar-refractivity contribution in [3.8, 4) is 5.75 Å². The maximum Gasteiger partial charge on any atom is 0.250 e. The van der Waals surface area contributed by atoms with Crippen molar-refractivity contribution in [2.24, 2.45) is 0 Å². The fraction of sp³-hybridized carbons (Fsp3) is 0.429. The number of aliphatic hydroxyl groups is 1. The maximum absolute atomic E-state index is 12.7. The molecule has 1 heterocycles. The minimum absolute atomic E-state index is 0.162. The molecule has 1 aromatic carbocycles. The first-order valence-corrected chi connectivity index (χ1v) is 9.04. The Morgan fingerprint density at radius 2 is 2.09 bits per heavy atom. The molecule has 0 fully saturated rings. The van der Waals surface area contributed by atoms with Gasteiger partial charge in [-0.1, -0.05) is 18.5 Å². The summed E-state index contributed by atoms with van der Waals surface area (Å²) in [5.41, 5.74) is 0.441. The van der Waals surface area contributed by atoms with Crippen LogP contribution >= 0.6 is 11.6 Å². The van der Waals surface area contributed by atoms with Crippen molar-refractivity contribution >= 4 is 21.4 Å². The number of methoxy groups -OCH3 is 1. The van der Waals surface area contributed by atoms with Crippen LogP contribution in [-0.4, -0.2) is 35.4 Å². The lowest BCUT2D eigenvalue weighted by atomic mass is 10.2. The molecule has 0 bridgehead atoms.